The van der Waals surface area contributed by atoms with E-state index in [1.54, 1.807) is 0 Å². The molecule has 3 saturated heterocycles. The lowest BCUT2D eigenvalue weighted by molar-refractivity contribution is 0.0276. The lowest BCUT2D eigenvalue weighted by atomic mass is 10.4. The SMILES string of the molecule is C[SiH]1O[SiH](C)O[Si](C)(C2COCCCOC2)O[Si](C)(CCCOCC2CO2)O1. The molecule has 0 aromatic rings. The summed E-state index contributed by atoms with van der Waals surface area (Å²) in [5.41, 5.74) is 0.125. The van der Waals surface area contributed by atoms with Crippen molar-refractivity contribution in [3.63, 3.8) is 0 Å². The van der Waals surface area contributed by atoms with Crippen molar-refractivity contribution in [2.24, 2.45) is 0 Å². The molecule has 3 rings (SSSR count). The quantitative estimate of drug-likeness (QED) is 0.316. The van der Waals surface area contributed by atoms with Gasteiger partial charge in [0.1, 0.15) is 6.10 Å². The molecule has 0 aliphatic carbocycles. The summed E-state index contributed by atoms with van der Waals surface area (Å²) in [5.74, 6) is 0. The zero-order valence-electron chi connectivity index (χ0n) is 17.6. The molecule has 0 N–H and O–H groups in total. The molecule has 3 aliphatic heterocycles. The fraction of sp³-hybridized carbons (Fsp3) is 1.00. The van der Waals surface area contributed by atoms with Gasteiger partial charge in [0, 0.05) is 25.4 Å². The van der Waals surface area contributed by atoms with E-state index in [-0.39, 0.29) is 5.54 Å². The van der Waals surface area contributed by atoms with Gasteiger partial charge in [-0.3, -0.25) is 0 Å². The first kappa shape index (κ1) is 23.2. The number of hydrogen-bond acceptors (Lipinski definition) is 8. The molecule has 5 atom stereocenters. The molecule has 5 unspecified atom stereocenters. The van der Waals surface area contributed by atoms with E-state index in [4.69, 9.17) is 35.4 Å². The first-order valence-electron chi connectivity index (χ1n) is 10.4. The van der Waals surface area contributed by atoms with Crippen LogP contribution in [0, 0.1) is 0 Å². The highest BCUT2D eigenvalue weighted by Gasteiger charge is 2.51. The van der Waals surface area contributed by atoms with E-state index in [1.807, 2.05) is 0 Å². The molecular weight excluding hydrogens is 433 g/mol. The Morgan fingerprint density at radius 3 is 2.36 bits per heavy atom. The van der Waals surface area contributed by atoms with Gasteiger partial charge in [-0.05, 0) is 45.1 Å². The van der Waals surface area contributed by atoms with Crippen LogP contribution in [0.2, 0.25) is 37.8 Å². The van der Waals surface area contributed by atoms with Crippen LogP contribution in [-0.4, -0.2) is 88.0 Å². The van der Waals surface area contributed by atoms with Crippen molar-refractivity contribution in [2.45, 2.75) is 56.7 Å². The minimum absolute atomic E-state index is 0.125. The van der Waals surface area contributed by atoms with Crippen LogP contribution in [0.15, 0.2) is 0 Å². The zero-order valence-corrected chi connectivity index (χ0v) is 22.0. The molecule has 8 nitrogen and oxygen atoms in total. The largest absolute Gasteiger partial charge is 0.420 e. The highest BCUT2D eigenvalue weighted by molar-refractivity contribution is 6.87. The van der Waals surface area contributed by atoms with Crippen LogP contribution in [0.4, 0.5) is 0 Å². The smallest absolute Gasteiger partial charge is 0.325 e. The average molecular weight is 469 g/mol. The number of epoxide rings is 1. The zero-order chi connectivity index (χ0) is 20.0. The van der Waals surface area contributed by atoms with Crippen molar-refractivity contribution < 1.29 is 35.4 Å². The second kappa shape index (κ2) is 10.7. The van der Waals surface area contributed by atoms with Crippen molar-refractivity contribution in [2.75, 3.05) is 46.2 Å². The summed E-state index contributed by atoms with van der Waals surface area (Å²) >= 11 is 0. The number of ether oxygens (including phenoxy) is 4. The third-order valence-corrected chi connectivity index (χ3v) is 21.2. The summed E-state index contributed by atoms with van der Waals surface area (Å²) in [6, 6.07) is 0.871. The van der Waals surface area contributed by atoms with E-state index in [0.717, 1.165) is 38.7 Å². The third-order valence-electron chi connectivity index (χ3n) is 5.20. The van der Waals surface area contributed by atoms with Gasteiger partial charge in [0.15, 0.2) is 0 Å². The van der Waals surface area contributed by atoms with Crippen LogP contribution < -0.4 is 0 Å². The van der Waals surface area contributed by atoms with Crippen molar-refractivity contribution in [3.05, 3.63) is 0 Å². The third kappa shape index (κ3) is 7.35. The maximum absolute atomic E-state index is 6.87. The first-order valence-corrected chi connectivity index (χ1v) is 19.6. The van der Waals surface area contributed by atoms with Crippen LogP contribution in [-0.2, 0) is 35.4 Å². The van der Waals surface area contributed by atoms with Gasteiger partial charge in [-0.2, -0.15) is 0 Å². The van der Waals surface area contributed by atoms with E-state index in [1.165, 1.54) is 0 Å². The van der Waals surface area contributed by atoms with Crippen molar-refractivity contribution in [3.8, 4) is 0 Å². The molecule has 28 heavy (non-hydrogen) atoms. The molecule has 0 spiro atoms. The lowest BCUT2D eigenvalue weighted by Gasteiger charge is -2.45. The summed E-state index contributed by atoms with van der Waals surface area (Å²) in [4.78, 5) is 0. The highest BCUT2D eigenvalue weighted by Crippen LogP contribution is 2.34. The molecule has 3 aliphatic rings. The molecular formula is C16H36O8Si4. The Morgan fingerprint density at radius 2 is 1.68 bits per heavy atom. The van der Waals surface area contributed by atoms with Crippen molar-refractivity contribution >= 4 is 35.7 Å². The fourth-order valence-corrected chi connectivity index (χ4v) is 21.4. The Labute approximate surface area is 174 Å². The fourth-order valence-electron chi connectivity index (χ4n) is 3.71. The molecule has 12 heteroatoms. The minimum Gasteiger partial charge on any atom is -0.420 e. The van der Waals surface area contributed by atoms with Gasteiger partial charge in [-0.25, -0.2) is 0 Å². The van der Waals surface area contributed by atoms with Crippen LogP contribution in [0.1, 0.15) is 12.8 Å². The second-order valence-electron chi connectivity index (χ2n) is 8.09. The van der Waals surface area contributed by atoms with Crippen LogP contribution in [0.3, 0.4) is 0 Å². The molecule has 0 aromatic carbocycles. The summed E-state index contributed by atoms with van der Waals surface area (Å²) in [5, 5.41) is 0. The average Bonchev–Trinajstić information content (AvgIpc) is 3.36. The Bertz CT molecular complexity index is 480. The molecule has 3 fully saturated rings. The van der Waals surface area contributed by atoms with Crippen LogP contribution in [0.5, 0.6) is 0 Å². The minimum atomic E-state index is -2.59. The molecule has 3 heterocycles. The number of hydrogen-bond donors (Lipinski definition) is 0. The monoisotopic (exact) mass is 468 g/mol. The van der Waals surface area contributed by atoms with E-state index in [2.05, 4.69) is 26.2 Å². The standard InChI is InChI=1S/C16H36O8Si4/c1-25-21-26(2)23-28(4,16-13-18-7-5-8-19-14-16)24-27(3,22-25)10-6-9-17-11-15-12-20-15/h15-16,25-26H,5-14H2,1-4H3. The maximum Gasteiger partial charge on any atom is 0.325 e. The van der Waals surface area contributed by atoms with Gasteiger partial charge in [-0.15, -0.1) is 0 Å². The molecule has 0 amide bonds. The second-order valence-corrected chi connectivity index (χ2v) is 19.8. The van der Waals surface area contributed by atoms with Gasteiger partial charge in [-0.1, -0.05) is 0 Å². The summed E-state index contributed by atoms with van der Waals surface area (Å²) in [6.07, 6.45) is 2.15. The summed E-state index contributed by atoms with van der Waals surface area (Å²) < 4.78 is 48.7. The van der Waals surface area contributed by atoms with Gasteiger partial charge < -0.3 is 35.4 Å². The van der Waals surface area contributed by atoms with Gasteiger partial charge in [0.25, 0.3) is 18.6 Å². The van der Waals surface area contributed by atoms with Crippen molar-refractivity contribution in [1.29, 1.82) is 0 Å². The Morgan fingerprint density at radius 1 is 1.00 bits per heavy atom. The molecule has 0 aromatic heterocycles. The Hall–Kier alpha value is 0.548. The lowest BCUT2D eigenvalue weighted by Crippen LogP contribution is -2.62. The van der Waals surface area contributed by atoms with E-state index in [9.17, 15) is 0 Å². The van der Waals surface area contributed by atoms with Gasteiger partial charge in [0.2, 0.25) is 0 Å². The van der Waals surface area contributed by atoms with Crippen molar-refractivity contribution in [1.82, 2.24) is 0 Å². The van der Waals surface area contributed by atoms with E-state index >= 15 is 0 Å². The molecule has 0 saturated carbocycles. The van der Waals surface area contributed by atoms with Gasteiger partial charge >= 0.3 is 17.1 Å². The topological polar surface area (TPSA) is 77.1 Å². The predicted octanol–water partition coefficient (Wildman–Crippen LogP) is 1.52. The maximum atomic E-state index is 6.87. The first-order chi connectivity index (χ1) is 13.4. The van der Waals surface area contributed by atoms with E-state index in [0.29, 0.717) is 32.5 Å². The molecule has 164 valence electrons. The molecule has 0 bridgehead atoms. The van der Waals surface area contributed by atoms with E-state index < -0.39 is 35.7 Å². The number of rotatable bonds is 7. The van der Waals surface area contributed by atoms with Gasteiger partial charge in [0.05, 0.1) is 26.4 Å². The van der Waals surface area contributed by atoms with Crippen LogP contribution >= 0.6 is 0 Å². The normalized spacial score (nSPS) is 40.9. The predicted molar refractivity (Wildman–Crippen MR) is 114 cm³/mol. The Kier molecular flexibility index (Phi) is 8.89. The van der Waals surface area contributed by atoms with Crippen LogP contribution in [0.25, 0.3) is 0 Å². The summed E-state index contributed by atoms with van der Waals surface area (Å²) in [7, 11) is -8.60. The Balaban J connectivity index is 1.63. The molecule has 0 radical (unpaired) electrons. The highest BCUT2D eigenvalue weighted by atomic mass is 28.5. The summed E-state index contributed by atoms with van der Waals surface area (Å²) in [6.45, 7) is 13.3.